The zero-order valence-corrected chi connectivity index (χ0v) is 13.2. The lowest BCUT2D eigenvalue weighted by molar-refractivity contribution is -0.131. The summed E-state index contributed by atoms with van der Waals surface area (Å²) in [6.45, 7) is 0.447. The van der Waals surface area contributed by atoms with Gasteiger partial charge in [0.05, 0.1) is 0 Å². The first-order chi connectivity index (χ1) is 9.97. The number of pyridine rings is 1. The first kappa shape index (κ1) is 15.3. The number of nitrogens with two attached hydrogens (primary N) is 1. The molecular formula is C15H16BrN3O2. The van der Waals surface area contributed by atoms with Gasteiger partial charge in [-0.05, 0) is 17.7 Å². The number of carbonyl (C=O) groups is 1. The maximum atomic E-state index is 12.2. The maximum absolute atomic E-state index is 12.2. The van der Waals surface area contributed by atoms with E-state index in [-0.39, 0.29) is 18.0 Å². The molecule has 2 N–H and O–H groups in total. The molecule has 0 fully saturated rings. The number of hydrogen-bond donors (Lipinski definition) is 1. The SMILES string of the molecule is CN(Cc1ccccc1Br)C(=O)Cn1cc(N)ccc1=O. The molecule has 1 amide bonds. The molecular weight excluding hydrogens is 334 g/mol. The molecule has 0 aliphatic rings. The van der Waals surface area contributed by atoms with Crippen molar-refractivity contribution in [1.82, 2.24) is 9.47 Å². The topological polar surface area (TPSA) is 68.3 Å². The Balaban J connectivity index is 2.08. The zero-order valence-electron chi connectivity index (χ0n) is 11.6. The van der Waals surface area contributed by atoms with Crippen molar-refractivity contribution in [3.8, 4) is 0 Å². The molecule has 1 aromatic heterocycles. The van der Waals surface area contributed by atoms with Gasteiger partial charge in [-0.1, -0.05) is 34.1 Å². The molecule has 0 radical (unpaired) electrons. The van der Waals surface area contributed by atoms with Gasteiger partial charge >= 0.3 is 0 Å². The largest absolute Gasteiger partial charge is 0.398 e. The average molecular weight is 350 g/mol. The number of amides is 1. The lowest BCUT2D eigenvalue weighted by Crippen LogP contribution is -2.33. The number of nitrogen functional groups attached to an aromatic ring is 1. The number of anilines is 1. The smallest absolute Gasteiger partial charge is 0.251 e. The number of halogens is 1. The van der Waals surface area contributed by atoms with Crippen LogP contribution in [0.4, 0.5) is 5.69 Å². The van der Waals surface area contributed by atoms with Gasteiger partial charge in [-0.3, -0.25) is 9.59 Å². The molecule has 0 unspecified atom stereocenters. The third-order valence-corrected chi connectivity index (χ3v) is 3.88. The van der Waals surface area contributed by atoms with Gasteiger partial charge in [-0.15, -0.1) is 0 Å². The number of rotatable bonds is 4. The molecule has 0 saturated carbocycles. The fourth-order valence-electron chi connectivity index (χ4n) is 1.91. The highest BCUT2D eigenvalue weighted by Crippen LogP contribution is 2.17. The van der Waals surface area contributed by atoms with Gasteiger partial charge in [0.25, 0.3) is 5.56 Å². The van der Waals surface area contributed by atoms with Crippen LogP contribution in [0, 0.1) is 0 Å². The first-order valence-electron chi connectivity index (χ1n) is 6.40. The molecule has 0 aliphatic heterocycles. The molecule has 0 atom stereocenters. The van der Waals surface area contributed by atoms with Crippen molar-refractivity contribution in [2.75, 3.05) is 12.8 Å². The molecule has 0 bridgehead atoms. The van der Waals surface area contributed by atoms with Gasteiger partial charge < -0.3 is 15.2 Å². The monoisotopic (exact) mass is 349 g/mol. The van der Waals surface area contributed by atoms with Crippen molar-refractivity contribution in [1.29, 1.82) is 0 Å². The second kappa shape index (κ2) is 6.58. The van der Waals surface area contributed by atoms with E-state index < -0.39 is 0 Å². The number of hydrogen-bond acceptors (Lipinski definition) is 3. The number of benzene rings is 1. The summed E-state index contributed by atoms with van der Waals surface area (Å²) in [5.41, 5.74) is 6.85. The molecule has 0 saturated heterocycles. The predicted molar refractivity (Wildman–Crippen MR) is 85.7 cm³/mol. The van der Waals surface area contributed by atoms with E-state index in [2.05, 4.69) is 15.9 Å². The van der Waals surface area contributed by atoms with Crippen molar-refractivity contribution in [2.45, 2.75) is 13.1 Å². The van der Waals surface area contributed by atoms with Crippen molar-refractivity contribution in [3.05, 3.63) is 63.0 Å². The molecule has 1 aromatic carbocycles. The van der Waals surface area contributed by atoms with Gasteiger partial charge in [-0.2, -0.15) is 0 Å². The third-order valence-electron chi connectivity index (χ3n) is 3.10. The molecule has 0 spiro atoms. The van der Waals surface area contributed by atoms with E-state index in [4.69, 9.17) is 5.73 Å². The summed E-state index contributed by atoms with van der Waals surface area (Å²) in [5, 5.41) is 0. The van der Waals surface area contributed by atoms with Gasteiger partial charge in [-0.25, -0.2) is 0 Å². The molecule has 0 aliphatic carbocycles. The van der Waals surface area contributed by atoms with Crippen LogP contribution in [0.3, 0.4) is 0 Å². The van der Waals surface area contributed by atoms with Gasteiger partial charge in [0.15, 0.2) is 0 Å². The Morgan fingerprint density at radius 2 is 2.00 bits per heavy atom. The van der Waals surface area contributed by atoms with Crippen LogP contribution in [-0.2, 0) is 17.9 Å². The maximum Gasteiger partial charge on any atom is 0.251 e. The summed E-state index contributed by atoms with van der Waals surface area (Å²) >= 11 is 3.45. The normalized spacial score (nSPS) is 10.4. The number of nitrogens with zero attached hydrogens (tertiary/aromatic N) is 2. The second-order valence-corrected chi connectivity index (χ2v) is 5.62. The van der Waals surface area contributed by atoms with Crippen LogP contribution < -0.4 is 11.3 Å². The fourth-order valence-corrected chi connectivity index (χ4v) is 2.32. The van der Waals surface area contributed by atoms with Crippen LogP contribution in [0.15, 0.2) is 51.9 Å². The van der Waals surface area contributed by atoms with E-state index in [0.717, 1.165) is 10.0 Å². The standard InChI is InChI=1S/C15H16BrN3O2/c1-18(8-11-4-2-3-5-13(11)16)15(21)10-19-9-12(17)6-7-14(19)20/h2-7,9H,8,10,17H2,1H3. The average Bonchev–Trinajstić information content (AvgIpc) is 2.45. The Morgan fingerprint density at radius 3 is 2.71 bits per heavy atom. The fraction of sp³-hybridized carbons (Fsp3) is 0.200. The minimum absolute atomic E-state index is 0.0230. The highest BCUT2D eigenvalue weighted by atomic mass is 79.9. The summed E-state index contributed by atoms with van der Waals surface area (Å²) in [6, 6.07) is 10.6. The van der Waals surface area contributed by atoms with Crippen molar-refractivity contribution >= 4 is 27.5 Å². The molecule has 6 heteroatoms. The van der Waals surface area contributed by atoms with E-state index in [1.165, 1.54) is 22.9 Å². The molecule has 1 heterocycles. The summed E-state index contributed by atoms with van der Waals surface area (Å²) < 4.78 is 2.26. The minimum Gasteiger partial charge on any atom is -0.398 e. The van der Waals surface area contributed by atoms with Crippen LogP contribution in [0.1, 0.15) is 5.56 Å². The Bertz CT molecular complexity index is 712. The highest BCUT2D eigenvalue weighted by Gasteiger charge is 2.12. The summed E-state index contributed by atoms with van der Waals surface area (Å²) in [4.78, 5) is 25.5. The van der Waals surface area contributed by atoms with E-state index in [9.17, 15) is 9.59 Å². The van der Waals surface area contributed by atoms with Crippen LogP contribution in [0.2, 0.25) is 0 Å². The summed E-state index contributed by atoms with van der Waals surface area (Å²) in [5.74, 6) is -0.154. The number of likely N-dealkylation sites (N-methyl/N-ethyl adjacent to an activating group) is 1. The molecule has 5 nitrogen and oxygen atoms in total. The van der Waals surface area contributed by atoms with Crippen LogP contribution >= 0.6 is 15.9 Å². The van der Waals surface area contributed by atoms with E-state index in [1.54, 1.807) is 11.9 Å². The Labute approximate surface area is 131 Å². The summed E-state index contributed by atoms with van der Waals surface area (Å²) in [6.07, 6.45) is 1.48. The predicted octanol–water partition coefficient (Wildman–Crippen LogP) is 1.85. The quantitative estimate of drug-likeness (QED) is 0.915. The second-order valence-electron chi connectivity index (χ2n) is 4.77. The van der Waals surface area contributed by atoms with E-state index >= 15 is 0 Å². The highest BCUT2D eigenvalue weighted by molar-refractivity contribution is 9.10. The molecule has 2 rings (SSSR count). The molecule has 21 heavy (non-hydrogen) atoms. The van der Waals surface area contributed by atoms with Gasteiger partial charge in [0, 0.05) is 36.0 Å². The third kappa shape index (κ3) is 3.95. The van der Waals surface area contributed by atoms with Gasteiger partial charge in [0.2, 0.25) is 5.91 Å². The van der Waals surface area contributed by atoms with Crippen LogP contribution in [0.5, 0.6) is 0 Å². The van der Waals surface area contributed by atoms with Gasteiger partial charge in [0.1, 0.15) is 6.54 Å². The Hall–Kier alpha value is -2.08. The lowest BCUT2D eigenvalue weighted by atomic mass is 10.2. The van der Waals surface area contributed by atoms with Crippen LogP contribution in [0.25, 0.3) is 0 Å². The van der Waals surface area contributed by atoms with Crippen molar-refractivity contribution in [2.24, 2.45) is 0 Å². The van der Waals surface area contributed by atoms with Crippen molar-refractivity contribution < 1.29 is 4.79 Å². The minimum atomic E-state index is -0.244. The Morgan fingerprint density at radius 1 is 1.29 bits per heavy atom. The first-order valence-corrected chi connectivity index (χ1v) is 7.20. The number of carbonyl (C=O) groups excluding carboxylic acids is 1. The van der Waals surface area contributed by atoms with E-state index in [1.807, 2.05) is 24.3 Å². The zero-order chi connectivity index (χ0) is 15.4. The Kier molecular flexibility index (Phi) is 4.80. The van der Waals surface area contributed by atoms with E-state index in [0.29, 0.717) is 12.2 Å². The number of aromatic nitrogens is 1. The summed E-state index contributed by atoms with van der Waals surface area (Å²) in [7, 11) is 1.71. The van der Waals surface area contributed by atoms with Crippen molar-refractivity contribution in [3.63, 3.8) is 0 Å². The lowest BCUT2D eigenvalue weighted by Gasteiger charge is -2.18. The molecule has 2 aromatic rings. The molecule has 110 valence electrons. The van der Waals surface area contributed by atoms with Crippen LogP contribution in [-0.4, -0.2) is 22.4 Å².